The molecule has 0 aliphatic carbocycles. The van der Waals surface area contributed by atoms with E-state index >= 15 is 0 Å². The summed E-state index contributed by atoms with van der Waals surface area (Å²) in [5, 5.41) is 3.53. The van der Waals surface area contributed by atoms with Crippen LogP contribution in [-0.2, 0) is 4.79 Å². The lowest BCUT2D eigenvalue weighted by Crippen LogP contribution is -2.44. The molecule has 2 heterocycles. The van der Waals surface area contributed by atoms with Crippen LogP contribution in [0.15, 0.2) is 0 Å². The van der Waals surface area contributed by atoms with Crippen molar-refractivity contribution in [2.45, 2.75) is 70.3 Å². The van der Waals surface area contributed by atoms with E-state index in [1.54, 1.807) is 0 Å². The first kappa shape index (κ1) is 15.2. The fourth-order valence-electron chi connectivity index (χ4n) is 3.24. The van der Waals surface area contributed by atoms with Crippen LogP contribution in [0.25, 0.3) is 0 Å². The Kier molecular flexibility index (Phi) is 4.83. The van der Waals surface area contributed by atoms with E-state index in [4.69, 9.17) is 0 Å². The Morgan fingerprint density at radius 1 is 1.53 bits per heavy atom. The summed E-state index contributed by atoms with van der Waals surface area (Å²) in [6, 6.07) is 0.0416. The van der Waals surface area contributed by atoms with Crippen LogP contribution in [0.2, 0.25) is 0 Å². The van der Waals surface area contributed by atoms with Crippen LogP contribution in [0, 0.1) is 5.92 Å². The molecule has 1 N–H and O–H groups in total. The van der Waals surface area contributed by atoms with Gasteiger partial charge in [-0.2, -0.15) is 11.8 Å². The highest BCUT2D eigenvalue weighted by molar-refractivity contribution is 8.00. The Balaban J connectivity index is 2.03. The third-order valence-corrected chi connectivity index (χ3v) is 5.77. The van der Waals surface area contributed by atoms with E-state index in [1.807, 2.05) is 11.8 Å². The summed E-state index contributed by atoms with van der Waals surface area (Å²) in [5.74, 6) is 2.14. The van der Waals surface area contributed by atoms with Gasteiger partial charge in [0.2, 0.25) is 5.91 Å². The average Bonchev–Trinajstić information content (AvgIpc) is 2.88. The maximum Gasteiger partial charge on any atom is 0.241 e. The molecule has 110 valence electrons. The second kappa shape index (κ2) is 6.04. The van der Waals surface area contributed by atoms with Gasteiger partial charge < -0.3 is 4.90 Å². The normalized spacial score (nSPS) is 35.6. The number of carbonyl (C=O) groups excluding carboxylic acids is 1. The number of hydrogen-bond acceptors (Lipinski definition) is 3. The van der Waals surface area contributed by atoms with Gasteiger partial charge >= 0.3 is 0 Å². The molecule has 3 nitrogen and oxygen atoms in total. The molecular formula is C15H28N2OS. The summed E-state index contributed by atoms with van der Waals surface area (Å²) in [6.45, 7) is 9.77. The van der Waals surface area contributed by atoms with E-state index < -0.39 is 0 Å². The van der Waals surface area contributed by atoms with Crippen molar-refractivity contribution >= 4 is 17.7 Å². The van der Waals surface area contributed by atoms with Gasteiger partial charge in [-0.25, -0.2) is 0 Å². The van der Waals surface area contributed by atoms with Crippen molar-refractivity contribution in [3.05, 3.63) is 0 Å². The molecule has 2 fully saturated rings. The molecule has 3 unspecified atom stereocenters. The fraction of sp³-hybridized carbons (Fsp3) is 0.933. The number of amides is 1. The van der Waals surface area contributed by atoms with Crippen molar-refractivity contribution in [2.24, 2.45) is 5.92 Å². The summed E-state index contributed by atoms with van der Waals surface area (Å²) in [6.07, 6.45) is 4.74. The van der Waals surface area contributed by atoms with Crippen molar-refractivity contribution in [3.8, 4) is 0 Å². The zero-order valence-electron chi connectivity index (χ0n) is 12.7. The Hall–Kier alpha value is -0.220. The molecule has 3 atom stereocenters. The standard InChI is InChI=1S/C15H28N2OS/c1-5-13-16-12(9-11(2)3)14(18)17(13)10-15(4)7-6-8-19-15/h11-13,16H,5-10H2,1-4H3. The van der Waals surface area contributed by atoms with Crippen molar-refractivity contribution in [3.63, 3.8) is 0 Å². The maximum absolute atomic E-state index is 12.6. The molecule has 0 bridgehead atoms. The molecule has 0 aromatic rings. The number of thioether (sulfide) groups is 1. The van der Waals surface area contributed by atoms with Crippen LogP contribution in [0.3, 0.4) is 0 Å². The highest BCUT2D eigenvalue weighted by Gasteiger charge is 2.42. The Labute approximate surface area is 121 Å². The molecule has 0 radical (unpaired) electrons. The van der Waals surface area contributed by atoms with Gasteiger partial charge in [0.05, 0.1) is 12.2 Å². The average molecular weight is 284 g/mol. The molecule has 4 heteroatoms. The Bertz CT molecular complexity index is 326. The van der Waals surface area contributed by atoms with E-state index in [9.17, 15) is 4.79 Å². The lowest BCUT2D eigenvalue weighted by Gasteiger charge is -2.32. The summed E-state index contributed by atoms with van der Waals surface area (Å²) in [5.41, 5.74) is 0. The van der Waals surface area contributed by atoms with Gasteiger partial charge in [0.1, 0.15) is 0 Å². The third kappa shape index (κ3) is 3.46. The van der Waals surface area contributed by atoms with Crippen LogP contribution < -0.4 is 5.32 Å². The van der Waals surface area contributed by atoms with E-state index in [0.717, 1.165) is 19.4 Å². The second-order valence-corrected chi connectivity index (χ2v) is 8.32. The molecule has 19 heavy (non-hydrogen) atoms. The Morgan fingerprint density at radius 2 is 2.26 bits per heavy atom. The minimum Gasteiger partial charge on any atom is -0.324 e. The van der Waals surface area contributed by atoms with Crippen LogP contribution in [0.4, 0.5) is 0 Å². The van der Waals surface area contributed by atoms with Crippen LogP contribution in [-0.4, -0.2) is 40.1 Å². The van der Waals surface area contributed by atoms with E-state index in [2.05, 4.69) is 37.9 Å². The van der Waals surface area contributed by atoms with Crippen LogP contribution >= 0.6 is 11.8 Å². The predicted octanol–water partition coefficient (Wildman–Crippen LogP) is 2.85. The maximum atomic E-state index is 12.6. The lowest BCUT2D eigenvalue weighted by molar-refractivity contribution is -0.130. The monoisotopic (exact) mass is 284 g/mol. The molecule has 2 rings (SSSR count). The molecule has 1 amide bonds. The first-order chi connectivity index (χ1) is 8.95. The molecule has 0 aromatic heterocycles. The second-order valence-electron chi connectivity index (χ2n) is 6.64. The minimum atomic E-state index is 0.0416. The highest BCUT2D eigenvalue weighted by atomic mass is 32.2. The van der Waals surface area contributed by atoms with E-state index in [0.29, 0.717) is 11.8 Å². The first-order valence-corrected chi connectivity index (χ1v) is 8.64. The zero-order valence-corrected chi connectivity index (χ0v) is 13.6. The van der Waals surface area contributed by atoms with Gasteiger partial charge in [0, 0.05) is 11.3 Å². The zero-order chi connectivity index (χ0) is 14.0. The lowest BCUT2D eigenvalue weighted by atomic mass is 10.0. The van der Waals surface area contributed by atoms with Crippen molar-refractivity contribution in [1.82, 2.24) is 10.2 Å². The van der Waals surface area contributed by atoms with E-state index in [-0.39, 0.29) is 17.0 Å². The number of rotatable bonds is 5. The number of carbonyl (C=O) groups is 1. The van der Waals surface area contributed by atoms with Gasteiger partial charge in [-0.05, 0) is 44.3 Å². The third-order valence-electron chi connectivity index (χ3n) is 4.25. The van der Waals surface area contributed by atoms with E-state index in [1.165, 1.54) is 18.6 Å². The topological polar surface area (TPSA) is 32.3 Å². The molecule has 2 aliphatic heterocycles. The van der Waals surface area contributed by atoms with Crippen LogP contribution in [0.5, 0.6) is 0 Å². The summed E-state index contributed by atoms with van der Waals surface area (Å²) in [4.78, 5) is 14.7. The van der Waals surface area contributed by atoms with Crippen molar-refractivity contribution < 1.29 is 4.79 Å². The van der Waals surface area contributed by atoms with Gasteiger partial charge in [-0.15, -0.1) is 0 Å². The van der Waals surface area contributed by atoms with Crippen molar-refractivity contribution in [2.75, 3.05) is 12.3 Å². The molecule has 0 saturated carbocycles. The minimum absolute atomic E-state index is 0.0416. The van der Waals surface area contributed by atoms with Gasteiger partial charge in [-0.3, -0.25) is 10.1 Å². The smallest absolute Gasteiger partial charge is 0.241 e. The SMILES string of the molecule is CCC1NC(CC(C)C)C(=O)N1CC1(C)CCCS1. The molecular weight excluding hydrogens is 256 g/mol. The quantitative estimate of drug-likeness (QED) is 0.842. The molecule has 0 aromatic carbocycles. The van der Waals surface area contributed by atoms with Gasteiger partial charge in [-0.1, -0.05) is 20.8 Å². The predicted molar refractivity (Wildman–Crippen MR) is 82.3 cm³/mol. The largest absolute Gasteiger partial charge is 0.324 e. The van der Waals surface area contributed by atoms with Crippen LogP contribution in [0.1, 0.15) is 53.4 Å². The van der Waals surface area contributed by atoms with Gasteiger partial charge in [0.15, 0.2) is 0 Å². The molecule has 2 aliphatic rings. The molecule has 2 saturated heterocycles. The highest BCUT2D eigenvalue weighted by Crippen LogP contribution is 2.39. The van der Waals surface area contributed by atoms with Crippen molar-refractivity contribution in [1.29, 1.82) is 0 Å². The molecule has 0 spiro atoms. The Morgan fingerprint density at radius 3 is 2.79 bits per heavy atom. The summed E-state index contributed by atoms with van der Waals surface area (Å²) < 4.78 is 0.275. The number of hydrogen-bond donors (Lipinski definition) is 1. The fourth-order valence-corrected chi connectivity index (χ4v) is 4.54. The summed E-state index contributed by atoms with van der Waals surface area (Å²) in [7, 11) is 0. The first-order valence-electron chi connectivity index (χ1n) is 7.65. The number of nitrogens with one attached hydrogen (secondary N) is 1. The number of nitrogens with zero attached hydrogens (tertiary/aromatic N) is 1. The van der Waals surface area contributed by atoms with Gasteiger partial charge in [0.25, 0.3) is 0 Å². The summed E-state index contributed by atoms with van der Waals surface area (Å²) >= 11 is 2.04.